The van der Waals surface area contributed by atoms with Crippen LogP contribution in [-0.4, -0.2) is 11.0 Å². The van der Waals surface area contributed by atoms with E-state index in [2.05, 4.69) is 31.0 Å². The van der Waals surface area contributed by atoms with Crippen molar-refractivity contribution in [3.05, 3.63) is 71.9 Å². The van der Waals surface area contributed by atoms with E-state index in [9.17, 15) is 4.79 Å². The molecule has 3 heteroatoms. The standard InChI is InChI=1S/C26H35NO2/c1-3-5-7-8-10-13-22-17-19-25(27-21-22)29-26(28)20-18-24(14-6-4-2)23-15-11-9-12-16-23/h9,11-12,15-21,24H,3-8,10,13-14H2,1-2H3/b20-18+. The summed E-state index contributed by atoms with van der Waals surface area (Å²) in [7, 11) is 0. The van der Waals surface area contributed by atoms with Crippen LogP contribution in [0.4, 0.5) is 0 Å². The number of aryl methyl sites for hydroxylation is 1. The third-order valence-electron chi connectivity index (χ3n) is 5.13. The van der Waals surface area contributed by atoms with E-state index >= 15 is 0 Å². The van der Waals surface area contributed by atoms with Crippen molar-refractivity contribution in [2.75, 3.05) is 0 Å². The van der Waals surface area contributed by atoms with Gasteiger partial charge in [0.1, 0.15) is 0 Å². The maximum atomic E-state index is 12.2. The molecule has 29 heavy (non-hydrogen) atoms. The van der Waals surface area contributed by atoms with E-state index in [4.69, 9.17) is 4.74 Å². The van der Waals surface area contributed by atoms with Gasteiger partial charge in [0, 0.05) is 24.3 Å². The van der Waals surface area contributed by atoms with Crippen LogP contribution in [0.3, 0.4) is 0 Å². The highest BCUT2D eigenvalue weighted by Gasteiger charge is 2.09. The van der Waals surface area contributed by atoms with E-state index in [1.54, 1.807) is 6.07 Å². The summed E-state index contributed by atoms with van der Waals surface area (Å²) in [6.07, 6.45) is 15.9. The van der Waals surface area contributed by atoms with E-state index in [1.807, 2.05) is 36.5 Å². The Morgan fingerprint density at radius 1 is 0.966 bits per heavy atom. The number of unbranched alkanes of at least 4 members (excludes halogenated alkanes) is 5. The fraction of sp³-hybridized carbons (Fsp3) is 0.462. The maximum Gasteiger partial charge on any atom is 0.337 e. The average Bonchev–Trinajstić information content (AvgIpc) is 2.75. The molecule has 1 aromatic carbocycles. The molecule has 1 atom stereocenters. The Morgan fingerprint density at radius 2 is 1.72 bits per heavy atom. The number of aromatic nitrogens is 1. The van der Waals surface area contributed by atoms with Gasteiger partial charge in [0.05, 0.1) is 0 Å². The number of carbonyl (C=O) groups excluding carboxylic acids is 1. The second kappa shape index (κ2) is 13.7. The van der Waals surface area contributed by atoms with Gasteiger partial charge in [0.15, 0.2) is 0 Å². The highest BCUT2D eigenvalue weighted by Crippen LogP contribution is 2.23. The lowest BCUT2D eigenvalue weighted by Gasteiger charge is -2.12. The number of nitrogens with zero attached hydrogens (tertiary/aromatic N) is 1. The van der Waals surface area contributed by atoms with Crippen molar-refractivity contribution in [1.29, 1.82) is 0 Å². The minimum atomic E-state index is -0.373. The third-order valence-corrected chi connectivity index (χ3v) is 5.13. The first-order chi connectivity index (χ1) is 14.2. The lowest BCUT2D eigenvalue weighted by atomic mass is 9.93. The average molecular weight is 394 g/mol. The third kappa shape index (κ3) is 9.08. The number of ether oxygens (including phenoxy) is 1. The van der Waals surface area contributed by atoms with Crippen LogP contribution in [0.2, 0.25) is 0 Å². The molecule has 0 bridgehead atoms. The zero-order chi connectivity index (χ0) is 20.7. The predicted molar refractivity (Wildman–Crippen MR) is 120 cm³/mol. The highest BCUT2D eigenvalue weighted by atomic mass is 16.5. The second-order valence-electron chi connectivity index (χ2n) is 7.61. The van der Waals surface area contributed by atoms with Crippen LogP contribution in [0.1, 0.15) is 82.3 Å². The molecule has 2 rings (SSSR count). The molecule has 2 aromatic rings. The summed E-state index contributed by atoms with van der Waals surface area (Å²) in [5.74, 6) is 0.216. The fourth-order valence-electron chi connectivity index (χ4n) is 3.38. The molecule has 0 aliphatic carbocycles. The number of carbonyl (C=O) groups is 1. The first-order valence-electron chi connectivity index (χ1n) is 11.1. The normalized spacial score (nSPS) is 12.2. The number of pyridine rings is 1. The molecule has 1 heterocycles. The summed E-state index contributed by atoms with van der Waals surface area (Å²) in [6.45, 7) is 4.41. The van der Waals surface area contributed by atoms with Crippen LogP contribution in [0, 0.1) is 0 Å². The zero-order valence-corrected chi connectivity index (χ0v) is 18.0. The van der Waals surface area contributed by atoms with Gasteiger partial charge in [-0.25, -0.2) is 9.78 Å². The Hall–Kier alpha value is -2.42. The fourth-order valence-corrected chi connectivity index (χ4v) is 3.38. The molecule has 0 amide bonds. The largest absolute Gasteiger partial charge is 0.404 e. The Kier molecular flexibility index (Phi) is 10.8. The van der Waals surface area contributed by atoms with Crippen LogP contribution in [-0.2, 0) is 11.2 Å². The van der Waals surface area contributed by atoms with Crippen molar-refractivity contribution < 1.29 is 9.53 Å². The first-order valence-corrected chi connectivity index (χ1v) is 11.1. The molecule has 156 valence electrons. The van der Waals surface area contributed by atoms with Gasteiger partial charge in [-0.15, -0.1) is 0 Å². The van der Waals surface area contributed by atoms with Gasteiger partial charge in [0.2, 0.25) is 5.88 Å². The maximum absolute atomic E-state index is 12.2. The summed E-state index contributed by atoms with van der Waals surface area (Å²) in [5.41, 5.74) is 2.42. The molecule has 0 radical (unpaired) electrons. The molecule has 1 unspecified atom stereocenters. The topological polar surface area (TPSA) is 39.2 Å². The second-order valence-corrected chi connectivity index (χ2v) is 7.61. The SMILES string of the molecule is CCCCCCCc1ccc(OC(=O)/C=C/C(CCCC)c2ccccc2)nc1. The van der Waals surface area contributed by atoms with Gasteiger partial charge in [-0.05, 0) is 30.4 Å². The molecule has 1 aromatic heterocycles. The van der Waals surface area contributed by atoms with Gasteiger partial charge < -0.3 is 4.74 Å². The summed E-state index contributed by atoms with van der Waals surface area (Å²) in [5, 5.41) is 0. The minimum Gasteiger partial charge on any atom is -0.404 e. The van der Waals surface area contributed by atoms with E-state index < -0.39 is 0 Å². The van der Waals surface area contributed by atoms with Gasteiger partial charge >= 0.3 is 5.97 Å². The molecule has 0 N–H and O–H groups in total. The molecule has 0 aliphatic heterocycles. The Labute approximate surface area is 176 Å². The van der Waals surface area contributed by atoms with Crippen molar-refractivity contribution >= 4 is 5.97 Å². The minimum absolute atomic E-state index is 0.228. The van der Waals surface area contributed by atoms with E-state index in [0.29, 0.717) is 5.88 Å². The molecule has 0 fully saturated rings. The summed E-state index contributed by atoms with van der Waals surface area (Å²) in [4.78, 5) is 16.5. The molecule has 0 aliphatic rings. The number of allylic oxidation sites excluding steroid dienone is 1. The predicted octanol–water partition coefficient (Wildman–Crippen LogP) is 7.03. The van der Waals surface area contributed by atoms with Crippen LogP contribution in [0.25, 0.3) is 0 Å². The lowest BCUT2D eigenvalue weighted by Crippen LogP contribution is -2.06. The number of esters is 1. The smallest absolute Gasteiger partial charge is 0.337 e. The Balaban J connectivity index is 1.85. The lowest BCUT2D eigenvalue weighted by molar-refractivity contribution is -0.129. The number of hydrogen-bond acceptors (Lipinski definition) is 3. The van der Waals surface area contributed by atoms with Gasteiger partial charge in [-0.3, -0.25) is 0 Å². The summed E-state index contributed by atoms with van der Waals surface area (Å²) in [6, 6.07) is 14.1. The van der Waals surface area contributed by atoms with Crippen LogP contribution in [0.15, 0.2) is 60.8 Å². The first kappa shape index (κ1) is 22.9. The molecule has 0 saturated heterocycles. The van der Waals surface area contributed by atoms with Crippen LogP contribution >= 0.6 is 0 Å². The monoisotopic (exact) mass is 393 g/mol. The zero-order valence-electron chi connectivity index (χ0n) is 18.0. The van der Waals surface area contributed by atoms with Gasteiger partial charge in [0.25, 0.3) is 0 Å². The van der Waals surface area contributed by atoms with Crippen molar-refractivity contribution in [3.8, 4) is 5.88 Å². The van der Waals surface area contributed by atoms with Gasteiger partial charge in [-0.1, -0.05) is 94.8 Å². The molecule has 0 saturated carbocycles. The quantitative estimate of drug-likeness (QED) is 0.208. The van der Waals surface area contributed by atoms with E-state index in [-0.39, 0.29) is 11.9 Å². The Morgan fingerprint density at radius 3 is 2.41 bits per heavy atom. The number of benzene rings is 1. The van der Waals surface area contributed by atoms with Gasteiger partial charge in [-0.2, -0.15) is 0 Å². The molecule has 0 spiro atoms. The van der Waals surface area contributed by atoms with Crippen molar-refractivity contribution in [2.24, 2.45) is 0 Å². The highest BCUT2D eigenvalue weighted by molar-refractivity contribution is 5.83. The number of rotatable bonds is 13. The molecular weight excluding hydrogens is 358 g/mol. The van der Waals surface area contributed by atoms with Crippen LogP contribution < -0.4 is 4.74 Å². The van der Waals surface area contributed by atoms with E-state index in [1.165, 1.54) is 49.3 Å². The van der Waals surface area contributed by atoms with Crippen molar-refractivity contribution in [1.82, 2.24) is 4.98 Å². The molecular formula is C26H35NO2. The van der Waals surface area contributed by atoms with Crippen LogP contribution in [0.5, 0.6) is 5.88 Å². The number of hydrogen-bond donors (Lipinski definition) is 0. The summed E-state index contributed by atoms with van der Waals surface area (Å²) >= 11 is 0. The van der Waals surface area contributed by atoms with Crippen molar-refractivity contribution in [2.45, 2.75) is 77.6 Å². The van der Waals surface area contributed by atoms with Crippen molar-refractivity contribution in [3.63, 3.8) is 0 Å². The van der Waals surface area contributed by atoms with E-state index in [0.717, 1.165) is 25.7 Å². The Bertz CT molecular complexity index is 722. The summed E-state index contributed by atoms with van der Waals surface area (Å²) < 4.78 is 5.38. The molecule has 3 nitrogen and oxygen atoms in total.